The molecule has 0 aliphatic heterocycles. The predicted molar refractivity (Wildman–Crippen MR) is 105 cm³/mol. The van der Waals surface area contributed by atoms with Gasteiger partial charge in [0.25, 0.3) is 0 Å². The van der Waals surface area contributed by atoms with Crippen molar-refractivity contribution in [2.75, 3.05) is 6.61 Å². The Labute approximate surface area is 155 Å². The Bertz CT molecular complexity index is 290. The van der Waals surface area contributed by atoms with Gasteiger partial charge in [-0.25, -0.2) is 0 Å². The Kier molecular flexibility index (Phi) is 24.0. The van der Waals surface area contributed by atoms with Gasteiger partial charge in [0.05, 0.1) is 6.61 Å². The summed E-state index contributed by atoms with van der Waals surface area (Å²) in [5, 5.41) is 8.14. The fraction of sp³-hybridized carbons (Fsp3) is 0.905. The average molecular weight is 359 g/mol. The Morgan fingerprint density at radius 2 is 1.08 bits per heavy atom. The fourth-order valence-corrected chi connectivity index (χ4v) is 2.36. The lowest BCUT2D eigenvalue weighted by Crippen LogP contribution is -2.05. The van der Waals surface area contributed by atoms with Crippen LogP contribution in [0.1, 0.15) is 117 Å². The molecule has 4 heteroatoms. The summed E-state index contributed by atoms with van der Waals surface area (Å²) >= 11 is 0. The molecular weight excluding hydrogens is 316 g/mol. The number of carboxylic acid groups (broad SMARTS) is 1. The molecule has 0 aromatic rings. The molecule has 0 aromatic carbocycles. The number of ether oxygens (including phenoxy) is 1. The van der Waals surface area contributed by atoms with Crippen LogP contribution in [0.2, 0.25) is 0 Å². The lowest BCUT2D eigenvalue weighted by molar-refractivity contribution is -0.144. The van der Waals surface area contributed by atoms with Gasteiger partial charge >= 0.3 is 11.9 Å². The smallest absolute Gasteiger partial charge is 0.305 e. The van der Waals surface area contributed by atoms with Crippen LogP contribution in [0.15, 0.2) is 0 Å². The molecule has 0 atom stereocenters. The normalized spacial score (nSPS) is 10.0. The molecule has 0 aromatic heterocycles. The molecule has 1 N–H and O–H groups in total. The van der Waals surface area contributed by atoms with Crippen LogP contribution < -0.4 is 0 Å². The molecule has 0 amide bonds. The van der Waals surface area contributed by atoms with E-state index in [1.54, 1.807) is 0 Å². The highest BCUT2D eigenvalue weighted by atomic mass is 16.5. The van der Waals surface area contributed by atoms with Crippen LogP contribution in [0, 0.1) is 0 Å². The monoisotopic (exact) mass is 358 g/mol. The fourth-order valence-electron chi connectivity index (χ4n) is 2.36. The number of carbonyl (C=O) groups excluding carboxylic acids is 1. The second kappa shape index (κ2) is 22.9. The van der Waals surface area contributed by atoms with E-state index in [4.69, 9.17) is 9.84 Å². The first-order valence-electron chi connectivity index (χ1n) is 10.5. The van der Waals surface area contributed by atoms with Crippen molar-refractivity contribution >= 4 is 11.9 Å². The van der Waals surface area contributed by atoms with Crippen LogP contribution in [0.25, 0.3) is 0 Å². The van der Waals surface area contributed by atoms with E-state index in [1.807, 2.05) is 0 Å². The Hall–Kier alpha value is -1.06. The van der Waals surface area contributed by atoms with Crippen LogP contribution in [0.5, 0.6) is 0 Å². The van der Waals surface area contributed by atoms with Crippen LogP contribution in [-0.2, 0) is 14.3 Å². The van der Waals surface area contributed by atoms with Crippen molar-refractivity contribution in [3.8, 4) is 0 Å². The van der Waals surface area contributed by atoms with Crippen LogP contribution >= 0.6 is 0 Å². The third kappa shape index (κ3) is 28.0. The van der Waals surface area contributed by atoms with E-state index in [2.05, 4.69) is 20.8 Å². The molecule has 25 heavy (non-hydrogen) atoms. The maximum Gasteiger partial charge on any atom is 0.305 e. The van der Waals surface area contributed by atoms with Gasteiger partial charge in [0.1, 0.15) is 0 Å². The summed E-state index contributed by atoms with van der Waals surface area (Å²) in [6.07, 6.45) is 15.9. The van der Waals surface area contributed by atoms with Crippen molar-refractivity contribution in [3.63, 3.8) is 0 Å². The molecule has 0 saturated heterocycles. The van der Waals surface area contributed by atoms with Crippen LogP contribution in [-0.4, -0.2) is 23.7 Å². The van der Waals surface area contributed by atoms with Gasteiger partial charge < -0.3 is 9.84 Å². The zero-order valence-electron chi connectivity index (χ0n) is 17.0. The summed E-state index contributed by atoms with van der Waals surface area (Å²) in [5.74, 6) is -0.687. The lowest BCUT2D eigenvalue weighted by atomic mass is 10.1. The minimum Gasteiger partial charge on any atom is -0.481 e. The molecule has 0 rings (SSSR count). The predicted octanol–water partition coefficient (Wildman–Crippen LogP) is 6.51. The van der Waals surface area contributed by atoms with Gasteiger partial charge in [0, 0.05) is 12.8 Å². The summed E-state index contributed by atoms with van der Waals surface area (Å²) in [6.45, 7) is 7.08. The number of rotatable bonds is 16. The summed E-state index contributed by atoms with van der Waals surface area (Å²) in [7, 11) is 0. The van der Waals surface area contributed by atoms with E-state index < -0.39 is 5.97 Å². The summed E-state index contributed by atoms with van der Waals surface area (Å²) in [4.78, 5) is 21.2. The number of hydrogen-bond acceptors (Lipinski definition) is 3. The average Bonchev–Trinajstić information content (AvgIpc) is 2.58. The number of unbranched alkanes of at least 4 members (excludes halogenated alkanes) is 10. The Balaban J connectivity index is 0. The first-order valence-corrected chi connectivity index (χ1v) is 10.5. The zero-order chi connectivity index (χ0) is 19.2. The second-order valence-electron chi connectivity index (χ2n) is 6.65. The minimum absolute atomic E-state index is 0.00494. The van der Waals surface area contributed by atoms with E-state index >= 15 is 0 Å². The third-order valence-corrected chi connectivity index (χ3v) is 3.99. The summed E-state index contributed by atoms with van der Waals surface area (Å²) in [6, 6.07) is 0. The Morgan fingerprint density at radius 3 is 1.64 bits per heavy atom. The second-order valence-corrected chi connectivity index (χ2v) is 6.65. The van der Waals surface area contributed by atoms with Gasteiger partial charge in [0.15, 0.2) is 0 Å². The molecule has 150 valence electrons. The molecular formula is C21H42O4. The van der Waals surface area contributed by atoms with E-state index in [9.17, 15) is 9.59 Å². The molecule has 0 saturated carbocycles. The molecule has 0 aliphatic rings. The highest BCUT2D eigenvalue weighted by molar-refractivity contribution is 5.69. The SMILES string of the molecule is CCCCCC(=O)O.CCCCCCCCOC(=O)CCCCCC. The van der Waals surface area contributed by atoms with Gasteiger partial charge in [0.2, 0.25) is 0 Å². The number of carboxylic acids is 1. The summed E-state index contributed by atoms with van der Waals surface area (Å²) < 4.78 is 5.19. The maximum absolute atomic E-state index is 11.3. The van der Waals surface area contributed by atoms with Crippen molar-refractivity contribution in [1.82, 2.24) is 0 Å². The van der Waals surface area contributed by atoms with Gasteiger partial charge in [-0.15, -0.1) is 0 Å². The van der Waals surface area contributed by atoms with Crippen molar-refractivity contribution in [2.45, 2.75) is 117 Å². The minimum atomic E-state index is -0.682. The lowest BCUT2D eigenvalue weighted by Gasteiger charge is -2.04. The van der Waals surface area contributed by atoms with Crippen molar-refractivity contribution < 1.29 is 19.4 Å². The van der Waals surface area contributed by atoms with Gasteiger partial charge in [-0.2, -0.15) is 0 Å². The number of aliphatic carboxylic acids is 1. The molecule has 0 spiro atoms. The molecule has 0 fully saturated rings. The van der Waals surface area contributed by atoms with E-state index in [1.165, 1.54) is 44.9 Å². The topological polar surface area (TPSA) is 63.6 Å². The zero-order valence-corrected chi connectivity index (χ0v) is 17.0. The third-order valence-electron chi connectivity index (χ3n) is 3.99. The number of carbonyl (C=O) groups is 2. The maximum atomic E-state index is 11.3. The van der Waals surface area contributed by atoms with E-state index in [-0.39, 0.29) is 5.97 Å². The van der Waals surface area contributed by atoms with Crippen molar-refractivity contribution in [1.29, 1.82) is 0 Å². The first kappa shape index (κ1) is 26.2. The van der Waals surface area contributed by atoms with Crippen molar-refractivity contribution in [2.24, 2.45) is 0 Å². The number of hydrogen-bond donors (Lipinski definition) is 1. The molecule has 0 bridgehead atoms. The first-order chi connectivity index (χ1) is 12.1. The van der Waals surface area contributed by atoms with Crippen LogP contribution in [0.4, 0.5) is 0 Å². The molecule has 0 radical (unpaired) electrons. The quantitative estimate of drug-likeness (QED) is 0.252. The van der Waals surface area contributed by atoms with E-state index in [0.29, 0.717) is 19.4 Å². The van der Waals surface area contributed by atoms with E-state index in [0.717, 1.165) is 38.5 Å². The van der Waals surface area contributed by atoms with Crippen molar-refractivity contribution in [3.05, 3.63) is 0 Å². The molecule has 4 nitrogen and oxygen atoms in total. The highest BCUT2D eigenvalue weighted by Crippen LogP contribution is 2.06. The highest BCUT2D eigenvalue weighted by Gasteiger charge is 2.01. The summed E-state index contributed by atoms with van der Waals surface area (Å²) in [5.41, 5.74) is 0. The molecule has 0 unspecified atom stereocenters. The molecule has 0 aliphatic carbocycles. The standard InChI is InChI=1S/C15H30O2.C6H12O2/c1-3-5-7-9-10-12-14-17-15(16)13-11-8-6-4-2;1-2-3-4-5-6(7)8/h3-14H2,1-2H3;2-5H2,1H3,(H,7,8). The van der Waals surface area contributed by atoms with Gasteiger partial charge in [-0.1, -0.05) is 85.0 Å². The molecule has 0 heterocycles. The Morgan fingerprint density at radius 1 is 0.640 bits per heavy atom. The van der Waals surface area contributed by atoms with Gasteiger partial charge in [-0.05, 0) is 19.3 Å². The number of esters is 1. The van der Waals surface area contributed by atoms with Crippen LogP contribution in [0.3, 0.4) is 0 Å². The van der Waals surface area contributed by atoms with Gasteiger partial charge in [-0.3, -0.25) is 9.59 Å². The largest absolute Gasteiger partial charge is 0.481 e.